The van der Waals surface area contributed by atoms with Crippen molar-refractivity contribution >= 4 is 43.5 Å². The lowest BCUT2D eigenvalue weighted by atomic mass is 9.81. The second-order valence-electron chi connectivity index (χ2n) is 10.5. The monoisotopic (exact) mass is 477 g/mol. The molecule has 0 N–H and O–H groups in total. The van der Waals surface area contributed by atoms with Gasteiger partial charge in [0.05, 0.1) is 16.4 Å². The molecule has 0 aliphatic heterocycles. The van der Waals surface area contributed by atoms with Crippen LogP contribution < -0.4 is 5.63 Å². The molecule has 0 spiro atoms. The molecule has 0 amide bonds. The zero-order chi connectivity index (χ0) is 24.9. The van der Waals surface area contributed by atoms with Crippen molar-refractivity contribution < 1.29 is 4.42 Å². The van der Waals surface area contributed by atoms with Gasteiger partial charge >= 0.3 is 5.63 Å². The number of fused-ring (bicyclic) bond motifs is 10. The van der Waals surface area contributed by atoms with E-state index in [1.165, 1.54) is 38.5 Å². The van der Waals surface area contributed by atoms with Crippen LogP contribution in [-0.2, 0) is 5.41 Å². The number of hydrogen-bond donors (Lipinski definition) is 0. The van der Waals surface area contributed by atoms with E-state index in [0.717, 1.165) is 22.0 Å². The Morgan fingerprint density at radius 1 is 0.649 bits per heavy atom. The molecule has 2 heterocycles. The van der Waals surface area contributed by atoms with Gasteiger partial charge in [0, 0.05) is 32.6 Å². The van der Waals surface area contributed by atoms with E-state index in [-0.39, 0.29) is 11.0 Å². The zero-order valence-corrected chi connectivity index (χ0v) is 20.6. The van der Waals surface area contributed by atoms with E-state index in [4.69, 9.17) is 4.42 Å². The van der Waals surface area contributed by atoms with Crippen molar-refractivity contribution in [3.8, 4) is 16.8 Å². The quantitative estimate of drug-likeness (QED) is 0.176. The number of para-hydroxylation sites is 2. The minimum absolute atomic E-state index is 0.163. The average Bonchev–Trinajstić information content (AvgIpc) is 3.38. The molecule has 2 aromatic heterocycles. The summed E-state index contributed by atoms with van der Waals surface area (Å²) in [5, 5.41) is 4.88. The van der Waals surface area contributed by atoms with Gasteiger partial charge in [0.1, 0.15) is 5.58 Å². The maximum absolute atomic E-state index is 13.1. The van der Waals surface area contributed by atoms with Crippen molar-refractivity contribution in [1.82, 2.24) is 4.57 Å². The highest BCUT2D eigenvalue weighted by Gasteiger charge is 2.38. The van der Waals surface area contributed by atoms with E-state index < -0.39 is 0 Å². The van der Waals surface area contributed by atoms with E-state index in [2.05, 4.69) is 91.2 Å². The van der Waals surface area contributed by atoms with Crippen LogP contribution in [0, 0.1) is 0 Å². The van der Waals surface area contributed by atoms with Crippen molar-refractivity contribution in [1.29, 1.82) is 0 Å². The summed E-state index contributed by atoms with van der Waals surface area (Å²) in [5.74, 6) is 0. The Labute approximate surface area is 213 Å². The predicted molar refractivity (Wildman–Crippen MR) is 152 cm³/mol. The molecule has 0 radical (unpaired) electrons. The van der Waals surface area contributed by atoms with Gasteiger partial charge < -0.3 is 8.98 Å². The Hall–Kier alpha value is -4.63. The van der Waals surface area contributed by atoms with Gasteiger partial charge in [-0.05, 0) is 46.5 Å². The third kappa shape index (κ3) is 2.58. The second-order valence-corrected chi connectivity index (χ2v) is 10.5. The van der Waals surface area contributed by atoms with E-state index in [1.54, 1.807) is 0 Å². The van der Waals surface area contributed by atoms with E-state index >= 15 is 0 Å². The zero-order valence-electron chi connectivity index (χ0n) is 20.6. The van der Waals surface area contributed by atoms with Crippen LogP contribution in [-0.4, -0.2) is 4.57 Å². The van der Waals surface area contributed by atoms with Crippen molar-refractivity contribution in [2.24, 2.45) is 0 Å². The SMILES string of the molecule is CC1(C)c2ccccc2-c2ccc3c4ccccc4n(-c4ccc5c(c4)c(=O)oc4ccccc45)c3c21. The maximum Gasteiger partial charge on any atom is 0.344 e. The first-order valence-corrected chi connectivity index (χ1v) is 12.7. The van der Waals surface area contributed by atoms with Crippen molar-refractivity contribution in [3.05, 3.63) is 125 Å². The molecule has 0 atom stereocenters. The summed E-state index contributed by atoms with van der Waals surface area (Å²) in [6, 6.07) is 35.7. The van der Waals surface area contributed by atoms with Crippen molar-refractivity contribution in [2.75, 3.05) is 0 Å². The minimum atomic E-state index is -0.311. The molecular weight excluding hydrogens is 454 g/mol. The third-order valence-electron chi connectivity index (χ3n) is 8.21. The summed E-state index contributed by atoms with van der Waals surface area (Å²) in [6.45, 7) is 4.64. The van der Waals surface area contributed by atoms with Crippen LogP contribution in [0.5, 0.6) is 0 Å². The summed E-state index contributed by atoms with van der Waals surface area (Å²) >= 11 is 0. The lowest BCUT2D eigenvalue weighted by Crippen LogP contribution is -2.16. The van der Waals surface area contributed by atoms with Crippen molar-refractivity contribution in [2.45, 2.75) is 19.3 Å². The summed E-state index contributed by atoms with van der Waals surface area (Å²) in [6.07, 6.45) is 0. The second kappa shape index (κ2) is 6.98. The lowest BCUT2D eigenvalue weighted by Gasteiger charge is -2.23. The van der Waals surface area contributed by atoms with Crippen LogP contribution in [0.2, 0.25) is 0 Å². The third-order valence-corrected chi connectivity index (χ3v) is 8.21. The molecule has 0 saturated heterocycles. The molecule has 5 aromatic carbocycles. The molecule has 0 bridgehead atoms. The van der Waals surface area contributed by atoms with Crippen LogP contribution in [0.15, 0.2) is 112 Å². The van der Waals surface area contributed by atoms with Crippen LogP contribution in [0.4, 0.5) is 0 Å². The van der Waals surface area contributed by atoms with Crippen LogP contribution >= 0.6 is 0 Å². The molecule has 0 unspecified atom stereocenters. The van der Waals surface area contributed by atoms with E-state index in [1.807, 2.05) is 30.3 Å². The molecular formula is C34H23NO2. The van der Waals surface area contributed by atoms with Gasteiger partial charge in [0.15, 0.2) is 0 Å². The highest BCUT2D eigenvalue weighted by Crippen LogP contribution is 2.52. The summed E-state index contributed by atoms with van der Waals surface area (Å²) in [5.41, 5.74) is 8.68. The van der Waals surface area contributed by atoms with Crippen molar-refractivity contribution in [3.63, 3.8) is 0 Å². The molecule has 3 nitrogen and oxygen atoms in total. The van der Waals surface area contributed by atoms with E-state index in [9.17, 15) is 4.79 Å². The number of rotatable bonds is 1. The first kappa shape index (κ1) is 20.6. The fourth-order valence-electron chi connectivity index (χ4n) is 6.59. The summed E-state index contributed by atoms with van der Waals surface area (Å²) in [4.78, 5) is 13.1. The smallest absolute Gasteiger partial charge is 0.344 e. The average molecular weight is 478 g/mol. The fraction of sp³-hybridized carbons (Fsp3) is 0.0882. The Morgan fingerprint density at radius 2 is 1.38 bits per heavy atom. The highest BCUT2D eigenvalue weighted by atomic mass is 16.4. The van der Waals surface area contributed by atoms with Gasteiger partial charge in [-0.15, -0.1) is 0 Å². The largest absolute Gasteiger partial charge is 0.422 e. The molecule has 1 aliphatic carbocycles. The molecule has 1 aliphatic rings. The highest BCUT2D eigenvalue weighted by molar-refractivity contribution is 6.13. The Kier molecular flexibility index (Phi) is 3.88. The van der Waals surface area contributed by atoms with Gasteiger partial charge in [0.25, 0.3) is 0 Å². The van der Waals surface area contributed by atoms with Gasteiger partial charge in [0.2, 0.25) is 0 Å². The van der Waals surface area contributed by atoms with Crippen LogP contribution in [0.25, 0.3) is 60.4 Å². The Morgan fingerprint density at radius 3 is 2.27 bits per heavy atom. The number of nitrogens with zero attached hydrogens (tertiary/aromatic N) is 1. The molecule has 37 heavy (non-hydrogen) atoms. The molecule has 3 heteroatoms. The number of benzene rings is 5. The topological polar surface area (TPSA) is 35.1 Å². The van der Waals surface area contributed by atoms with Gasteiger partial charge in [-0.3, -0.25) is 0 Å². The number of hydrogen-bond acceptors (Lipinski definition) is 2. The number of aromatic nitrogens is 1. The van der Waals surface area contributed by atoms with Crippen LogP contribution in [0.1, 0.15) is 25.0 Å². The van der Waals surface area contributed by atoms with Gasteiger partial charge in [-0.1, -0.05) is 92.7 Å². The summed E-state index contributed by atoms with van der Waals surface area (Å²) in [7, 11) is 0. The molecule has 8 rings (SSSR count). The van der Waals surface area contributed by atoms with Gasteiger partial charge in [-0.2, -0.15) is 0 Å². The summed E-state index contributed by atoms with van der Waals surface area (Å²) < 4.78 is 8.05. The molecule has 0 fully saturated rings. The first-order valence-electron chi connectivity index (χ1n) is 12.7. The Balaban J connectivity index is 1.53. The standard InChI is InChI=1S/C34H23NO2/c1-34(2)28-12-6-3-9-22(28)25-17-18-26-23-10-4-7-13-29(23)35(32(26)31(25)34)20-15-16-21-24-11-5-8-14-30(24)37-33(36)27(21)19-20/h3-19H,1-2H3. The Bertz CT molecular complexity index is 2140. The normalized spacial score (nSPS) is 14.0. The fourth-order valence-corrected chi connectivity index (χ4v) is 6.59. The maximum atomic E-state index is 13.1. The van der Waals surface area contributed by atoms with Crippen LogP contribution in [0.3, 0.4) is 0 Å². The first-order chi connectivity index (χ1) is 18.0. The molecule has 7 aromatic rings. The predicted octanol–water partition coefficient (Wildman–Crippen LogP) is 8.35. The van der Waals surface area contributed by atoms with Gasteiger partial charge in [-0.25, -0.2) is 4.79 Å². The molecule has 0 saturated carbocycles. The molecule has 176 valence electrons. The lowest BCUT2D eigenvalue weighted by molar-refractivity contribution is 0.569. The minimum Gasteiger partial charge on any atom is -0.422 e. The van der Waals surface area contributed by atoms with E-state index in [0.29, 0.717) is 11.0 Å².